The zero-order valence-electron chi connectivity index (χ0n) is 5.92. The number of ketones is 1. The molecule has 0 saturated heterocycles. The maximum atomic E-state index is 11.1. The average molecular weight is 141 g/mol. The fraction of sp³-hybridized carbons (Fsp3) is 0.571. The standard InChI is InChI=1S/C7H11NO2/c1-5-7(10)6(2-3-9)4-8-5/h4-5,8-9H,2-3H2,1H3. The van der Waals surface area contributed by atoms with Crippen LogP contribution in [0, 0.1) is 0 Å². The van der Waals surface area contributed by atoms with Gasteiger partial charge in [-0.05, 0) is 6.92 Å². The highest BCUT2D eigenvalue weighted by molar-refractivity contribution is 6.01. The minimum atomic E-state index is -0.0958. The SMILES string of the molecule is CC1NC=C(CCO)C1=O. The van der Waals surface area contributed by atoms with Crippen molar-refractivity contribution >= 4 is 5.78 Å². The molecule has 0 aromatic carbocycles. The molecule has 1 rings (SSSR count). The predicted octanol–water partition coefficient (Wildman–Crippen LogP) is -0.187. The Kier molecular flexibility index (Phi) is 2.06. The number of hydrogen-bond acceptors (Lipinski definition) is 3. The van der Waals surface area contributed by atoms with Crippen LogP contribution in [0.4, 0.5) is 0 Å². The Morgan fingerprint density at radius 3 is 2.90 bits per heavy atom. The first kappa shape index (κ1) is 7.28. The number of Topliss-reactive ketones (excluding diaryl/α,β-unsaturated/α-hetero) is 1. The Balaban J connectivity index is 2.54. The molecule has 0 aromatic rings. The summed E-state index contributed by atoms with van der Waals surface area (Å²) in [6, 6.07) is -0.0958. The van der Waals surface area contributed by atoms with Crippen LogP contribution in [0.2, 0.25) is 0 Å². The van der Waals surface area contributed by atoms with E-state index in [0.29, 0.717) is 12.0 Å². The highest BCUT2D eigenvalue weighted by Gasteiger charge is 2.21. The van der Waals surface area contributed by atoms with Crippen molar-refractivity contribution in [1.29, 1.82) is 0 Å². The molecule has 0 amide bonds. The van der Waals surface area contributed by atoms with Gasteiger partial charge in [0, 0.05) is 24.8 Å². The number of nitrogens with one attached hydrogen (secondary N) is 1. The summed E-state index contributed by atoms with van der Waals surface area (Å²) in [4.78, 5) is 11.1. The fourth-order valence-electron chi connectivity index (χ4n) is 0.966. The summed E-state index contributed by atoms with van der Waals surface area (Å²) in [7, 11) is 0. The molecule has 1 aliphatic heterocycles. The van der Waals surface area contributed by atoms with E-state index in [9.17, 15) is 4.79 Å². The molecular weight excluding hydrogens is 130 g/mol. The summed E-state index contributed by atoms with van der Waals surface area (Å²) < 4.78 is 0. The van der Waals surface area contributed by atoms with E-state index in [1.54, 1.807) is 6.20 Å². The first-order valence-corrected chi connectivity index (χ1v) is 3.36. The van der Waals surface area contributed by atoms with Gasteiger partial charge < -0.3 is 10.4 Å². The summed E-state index contributed by atoms with van der Waals surface area (Å²) in [5.41, 5.74) is 0.704. The number of carbonyl (C=O) groups is 1. The van der Waals surface area contributed by atoms with Gasteiger partial charge in [-0.25, -0.2) is 0 Å². The van der Waals surface area contributed by atoms with Gasteiger partial charge >= 0.3 is 0 Å². The van der Waals surface area contributed by atoms with Gasteiger partial charge in [0.05, 0.1) is 6.04 Å². The van der Waals surface area contributed by atoms with E-state index in [1.165, 1.54) is 0 Å². The molecule has 3 heteroatoms. The Bertz CT molecular complexity index is 174. The molecule has 0 saturated carbocycles. The van der Waals surface area contributed by atoms with E-state index in [-0.39, 0.29) is 18.4 Å². The van der Waals surface area contributed by atoms with Gasteiger partial charge in [0.2, 0.25) is 0 Å². The van der Waals surface area contributed by atoms with Crippen LogP contribution in [0.15, 0.2) is 11.8 Å². The molecule has 0 aliphatic carbocycles. The van der Waals surface area contributed by atoms with Crippen LogP contribution < -0.4 is 5.32 Å². The Morgan fingerprint density at radius 2 is 2.50 bits per heavy atom. The summed E-state index contributed by atoms with van der Waals surface area (Å²) in [5.74, 6) is 0.106. The Morgan fingerprint density at radius 1 is 1.80 bits per heavy atom. The molecule has 1 heterocycles. The lowest BCUT2D eigenvalue weighted by atomic mass is 10.1. The normalized spacial score (nSPS) is 24.4. The van der Waals surface area contributed by atoms with Gasteiger partial charge in [0.25, 0.3) is 0 Å². The van der Waals surface area contributed by atoms with Gasteiger partial charge in [-0.3, -0.25) is 4.79 Å². The lowest BCUT2D eigenvalue weighted by Crippen LogP contribution is -2.23. The zero-order chi connectivity index (χ0) is 7.56. The fourth-order valence-corrected chi connectivity index (χ4v) is 0.966. The predicted molar refractivity (Wildman–Crippen MR) is 37.4 cm³/mol. The molecule has 1 unspecified atom stereocenters. The van der Waals surface area contributed by atoms with Gasteiger partial charge in [-0.2, -0.15) is 0 Å². The van der Waals surface area contributed by atoms with E-state index in [0.717, 1.165) is 0 Å². The summed E-state index contributed by atoms with van der Waals surface area (Å²) in [6.07, 6.45) is 2.15. The summed E-state index contributed by atoms with van der Waals surface area (Å²) in [5, 5.41) is 11.4. The van der Waals surface area contributed by atoms with E-state index in [4.69, 9.17) is 5.11 Å². The van der Waals surface area contributed by atoms with Crippen LogP contribution in [0.25, 0.3) is 0 Å². The Hall–Kier alpha value is -0.830. The maximum absolute atomic E-state index is 11.1. The third-order valence-electron chi connectivity index (χ3n) is 1.60. The number of aliphatic hydroxyl groups is 1. The van der Waals surface area contributed by atoms with Crippen LogP contribution in [0.5, 0.6) is 0 Å². The van der Waals surface area contributed by atoms with Gasteiger partial charge in [0.15, 0.2) is 5.78 Å². The zero-order valence-corrected chi connectivity index (χ0v) is 5.92. The first-order chi connectivity index (χ1) is 4.75. The second-order valence-corrected chi connectivity index (χ2v) is 2.40. The molecule has 3 nitrogen and oxygen atoms in total. The topological polar surface area (TPSA) is 49.3 Å². The van der Waals surface area contributed by atoms with Gasteiger partial charge in [-0.15, -0.1) is 0 Å². The second kappa shape index (κ2) is 2.84. The molecule has 10 heavy (non-hydrogen) atoms. The monoisotopic (exact) mass is 141 g/mol. The van der Waals surface area contributed by atoms with E-state index in [2.05, 4.69) is 5.32 Å². The lowest BCUT2D eigenvalue weighted by Gasteiger charge is -1.99. The highest BCUT2D eigenvalue weighted by Crippen LogP contribution is 2.10. The largest absolute Gasteiger partial charge is 0.396 e. The maximum Gasteiger partial charge on any atom is 0.182 e. The molecule has 2 N–H and O–H groups in total. The molecular formula is C7H11NO2. The van der Waals surface area contributed by atoms with Crippen LogP contribution in [-0.2, 0) is 4.79 Å². The van der Waals surface area contributed by atoms with Crippen molar-refractivity contribution in [3.8, 4) is 0 Å². The third-order valence-corrected chi connectivity index (χ3v) is 1.60. The Labute approximate surface area is 59.7 Å². The third kappa shape index (κ3) is 1.19. The van der Waals surface area contributed by atoms with Gasteiger partial charge in [-0.1, -0.05) is 0 Å². The van der Waals surface area contributed by atoms with E-state index < -0.39 is 0 Å². The van der Waals surface area contributed by atoms with Gasteiger partial charge in [0.1, 0.15) is 0 Å². The van der Waals surface area contributed by atoms with Crippen molar-refractivity contribution in [1.82, 2.24) is 5.32 Å². The second-order valence-electron chi connectivity index (χ2n) is 2.40. The minimum Gasteiger partial charge on any atom is -0.396 e. The quantitative estimate of drug-likeness (QED) is 0.560. The van der Waals surface area contributed by atoms with Crippen LogP contribution >= 0.6 is 0 Å². The number of aliphatic hydroxyl groups excluding tert-OH is 1. The number of carbonyl (C=O) groups excluding carboxylic acids is 1. The molecule has 56 valence electrons. The van der Waals surface area contributed by atoms with E-state index in [1.807, 2.05) is 6.92 Å². The van der Waals surface area contributed by atoms with Crippen molar-refractivity contribution in [3.63, 3.8) is 0 Å². The van der Waals surface area contributed by atoms with Crippen LogP contribution in [-0.4, -0.2) is 23.5 Å². The molecule has 0 aromatic heterocycles. The number of rotatable bonds is 2. The molecule has 1 aliphatic rings. The molecule has 0 fully saturated rings. The van der Waals surface area contributed by atoms with Crippen LogP contribution in [0.3, 0.4) is 0 Å². The smallest absolute Gasteiger partial charge is 0.182 e. The molecule has 1 atom stereocenters. The van der Waals surface area contributed by atoms with Crippen molar-refractivity contribution in [2.45, 2.75) is 19.4 Å². The van der Waals surface area contributed by atoms with Crippen molar-refractivity contribution in [3.05, 3.63) is 11.8 Å². The van der Waals surface area contributed by atoms with Crippen molar-refractivity contribution in [2.24, 2.45) is 0 Å². The summed E-state index contributed by atoms with van der Waals surface area (Å²) in [6.45, 7) is 1.86. The van der Waals surface area contributed by atoms with Crippen molar-refractivity contribution in [2.75, 3.05) is 6.61 Å². The minimum absolute atomic E-state index is 0.0476. The molecule has 0 bridgehead atoms. The van der Waals surface area contributed by atoms with E-state index >= 15 is 0 Å². The average Bonchev–Trinajstić information content (AvgIpc) is 2.20. The molecule has 0 radical (unpaired) electrons. The highest BCUT2D eigenvalue weighted by atomic mass is 16.3. The lowest BCUT2D eigenvalue weighted by molar-refractivity contribution is -0.116. The van der Waals surface area contributed by atoms with Crippen LogP contribution in [0.1, 0.15) is 13.3 Å². The van der Waals surface area contributed by atoms with Crippen molar-refractivity contribution < 1.29 is 9.90 Å². The summed E-state index contributed by atoms with van der Waals surface area (Å²) >= 11 is 0. The molecule has 0 spiro atoms. The first-order valence-electron chi connectivity index (χ1n) is 3.36. The number of hydrogen-bond donors (Lipinski definition) is 2.